The zero-order chi connectivity index (χ0) is 30.1. The number of nitrogens with two attached hydrogens (primary N) is 1. The van der Waals surface area contributed by atoms with Crippen molar-refractivity contribution in [2.75, 3.05) is 13.7 Å². The van der Waals surface area contributed by atoms with Gasteiger partial charge in [0.05, 0.1) is 13.2 Å². The molecule has 0 aliphatic carbocycles. The van der Waals surface area contributed by atoms with Crippen LogP contribution in [0.15, 0.2) is 0 Å². The van der Waals surface area contributed by atoms with Crippen LogP contribution in [-0.4, -0.2) is 96.9 Å². The van der Waals surface area contributed by atoms with Crippen LogP contribution < -0.4 is 32.3 Å². The van der Waals surface area contributed by atoms with Gasteiger partial charge >= 0.3 is 5.97 Å². The standard InChI is InChI=1S/C24H42N6O9/c1-13(12-31)26-20(34)14(2)28-23(37)17(8-6-7-11-25)29-19(33)10-9-18(24(38)39-5)30-21(35)15(3)27-22(36)16(4)32/h12-18,32H,6-11,25H2,1-5H3,(H,26,34)(H,27,36)(H,28,37)(H,29,33)(H,30,35)/t13?,14?,15?,16?,17?,18-/m0/s1. The summed E-state index contributed by atoms with van der Waals surface area (Å²) in [5.41, 5.74) is 5.51. The first kappa shape index (κ1) is 35.4. The number of carbonyl (C=O) groups excluding carboxylic acids is 7. The van der Waals surface area contributed by atoms with Crippen LogP contribution in [0.1, 0.15) is 59.8 Å². The lowest BCUT2D eigenvalue weighted by Crippen LogP contribution is -2.54. The molecule has 6 atom stereocenters. The van der Waals surface area contributed by atoms with E-state index in [1.807, 2.05) is 0 Å². The van der Waals surface area contributed by atoms with E-state index in [1.54, 1.807) is 0 Å². The molecule has 0 aliphatic rings. The third-order valence-corrected chi connectivity index (χ3v) is 5.52. The third-order valence-electron chi connectivity index (χ3n) is 5.52. The van der Waals surface area contributed by atoms with Crippen LogP contribution in [-0.2, 0) is 38.3 Å². The fraction of sp³-hybridized carbons (Fsp3) is 0.708. The molecule has 0 aliphatic heterocycles. The number of aliphatic hydroxyl groups is 1. The third kappa shape index (κ3) is 14.2. The first-order valence-corrected chi connectivity index (χ1v) is 12.7. The van der Waals surface area contributed by atoms with Gasteiger partial charge in [-0.05, 0) is 59.9 Å². The molecule has 0 saturated carbocycles. The highest BCUT2D eigenvalue weighted by atomic mass is 16.5. The smallest absolute Gasteiger partial charge is 0.328 e. The molecule has 8 N–H and O–H groups in total. The summed E-state index contributed by atoms with van der Waals surface area (Å²) < 4.78 is 4.68. The number of rotatable bonds is 18. The monoisotopic (exact) mass is 558 g/mol. The van der Waals surface area contributed by atoms with E-state index < -0.39 is 71.8 Å². The van der Waals surface area contributed by atoms with Gasteiger partial charge in [-0.2, -0.15) is 0 Å². The molecule has 0 spiro atoms. The van der Waals surface area contributed by atoms with Crippen molar-refractivity contribution in [3.63, 3.8) is 0 Å². The van der Waals surface area contributed by atoms with Crippen LogP contribution in [0.5, 0.6) is 0 Å². The minimum absolute atomic E-state index is 0.180. The molecule has 0 saturated heterocycles. The van der Waals surface area contributed by atoms with Gasteiger partial charge in [-0.25, -0.2) is 4.79 Å². The van der Waals surface area contributed by atoms with Gasteiger partial charge in [-0.1, -0.05) is 0 Å². The van der Waals surface area contributed by atoms with Crippen LogP contribution in [0.3, 0.4) is 0 Å². The maximum absolute atomic E-state index is 12.8. The van der Waals surface area contributed by atoms with Crippen LogP contribution >= 0.6 is 0 Å². The number of methoxy groups -OCH3 is 1. The summed E-state index contributed by atoms with van der Waals surface area (Å²) in [5, 5.41) is 21.4. The molecule has 5 unspecified atom stereocenters. The summed E-state index contributed by atoms with van der Waals surface area (Å²) in [4.78, 5) is 84.5. The number of esters is 1. The number of nitrogens with one attached hydrogen (secondary N) is 5. The van der Waals surface area contributed by atoms with Crippen molar-refractivity contribution in [2.45, 2.75) is 96.1 Å². The number of aldehydes is 1. The van der Waals surface area contributed by atoms with Crippen LogP contribution in [0.4, 0.5) is 0 Å². The van der Waals surface area contributed by atoms with E-state index in [0.717, 1.165) is 7.11 Å². The second kappa shape index (κ2) is 18.6. The van der Waals surface area contributed by atoms with Crippen molar-refractivity contribution in [1.82, 2.24) is 26.6 Å². The van der Waals surface area contributed by atoms with Crippen molar-refractivity contribution in [1.29, 1.82) is 0 Å². The largest absolute Gasteiger partial charge is 0.467 e. The van der Waals surface area contributed by atoms with Gasteiger partial charge in [0.15, 0.2) is 0 Å². The number of hydrogen-bond donors (Lipinski definition) is 7. The Kier molecular flexibility index (Phi) is 16.9. The first-order valence-electron chi connectivity index (χ1n) is 12.7. The zero-order valence-electron chi connectivity index (χ0n) is 23.1. The SMILES string of the molecule is COC(=O)[C@H](CCC(=O)NC(CCCCN)C(=O)NC(C)C(=O)NC(C)C=O)NC(=O)C(C)NC(=O)C(C)O. The zero-order valence-corrected chi connectivity index (χ0v) is 23.1. The fourth-order valence-corrected chi connectivity index (χ4v) is 3.15. The Hall–Kier alpha value is -3.59. The van der Waals surface area contributed by atoms with E-state index in [0.29, 0.717) is 25.7 Å². The predicted molar refractivity (Wildman–Crippen MR) is 139 cm³/mol. The Labute approximate surface area is 227 Å². The van der Waals surface area contributed by atoms with Gasteiger partial charge in [0.25, 0.3) is 0 Å². The van der Waals surface area contributed by atoms with Crippen molar-refractivity contribution in [3.8, 4) is 0 Å². The quantitative estimate of drug-likeness (QED) is 0.0516. The topological polar surface area (TPSA) is 235 Å². The molecule has 0 aromatic carbocycles. The van der Waals surface area contributed by atoms with Crippen LogP contribution in [0, 0.1) is 0 Å². The molecule has 0 fully saturated rings. The number of hydrogen-bond acceptors (Lipinski definition) is 10. The average molecular weight is 559 g/mol. The van der Waals surface area contributed by atoms with E-state index in [4.69, 9.17) is 5.73 Å². The molecule has 0 aromatic heterocycles. The lowest BCUT2D eigenvalue weighted by Gasteiger charge is -2.23. The van der Waals surface area contributed by atoms with Gasteiger partial charge in [0, 0.05) is 6.42 Å². The molecule has 0 aromatic rings. The molecule has 15 nitrogen and oxygen atoms in total. The van der Waals surface area contributed by atoms with Crippen LogP contribution in [0.2, 0.25) is 0 Å². The average Bonchev–Trinajstić information content (AvgIpc) is 2.89. The predicted octanol–water partition coefficient (Wildman–Crippen LogP) is -2.87. The second-order valence-electron chi connectivity index (χ2n) is 9.10. The fourth-order valence-electron chi connectivity index (χ4n) is 3.15. The van der Waals surface area contributed by atoms with Crippen LogP contribution in [0.25, 0.3) is 0 Å². The van der Waals surface area contributed by atoms with Gasteiger partial charge in [-0.3, -0.25) is 24.0 Å². The Balaban J connectivity index is 5.22. The maximum atomic E-state index is 12.8. The number of ether oxygens (including phenoxy) is 1. The van der Waals surface area contributed by atoms with E-state index in [-0.39, 0.29) is 19.3 Å². The highest BCUT2D eigenvalue weighted by Gasteiger charge is 2.28. The number of amides is 5. The van der Waals surface area contributed by atoms with E-state index in [1.165, 1.54) is 27.7 Å². The van der Waals surface area contributed by atoms with Crippen molar-refractivity contribution in [3.05, 3.63) is 0 Å². The first-order chi connectivity index (χ1) is 18.3. The van der Waals surface area contributed by atoms with Gasteiger partial charge < -0.3 is 47.0 Å². The minimum atomic E-state index is -1.34. The number of unbranched alkanes of at least 4 members (excludes halogenated alkanes) is 1. The second-order valence-corrected chi connectivity index (χ2v) is 9.10. The lowest BCUT2D eigenvalue weighted by atomic mass is 10.1. The number of aliphatic hydroxyl groups excluding tert-OH is 1. The molecule has 0 radical (unpaired) electrons. The van der Waals surface area contributed by atoms with Crippen molar-refractivity contribution < 1.29 is 43.4 Å². The molecule has 0 heterocycles. The molecule has 222 valence electrons. The Bertz CT molecular complexity index is 867. The molecule has 39 heavy (non-hydrogen) atoms. The molecule has 15 heteroatoms. The van der Waals surface area contributed by atoms with E-state index in [2.05, 4.69) is 31.3 Å². The maximum Gasteiger partial charge on any atom is 0.328 e. The Morgan fingerprint density at radius 3 is 1.85 bits per heavy atom. The highest BCUT2D eigenvalue weighted by Crippen LogP contribution is 2.06. The van der Waals surface area contributed by atoms with Gasteiger partial charge in [0.1, 0.15) is 36.6 Å². The summed E-state index contributed by atoms with van der Waals surface area (Å²) in [5.74, 6) is -4.15. The summed E-state index contributed by atoms with van der Waals surface area (Å²) in [6.07, 6.45) is 0.0708. The number of carbonyl (C=O) groups is 7. The Morgan fingerprint density at radius 2 is 1.33 bits per heavy atom. The molecule has 0 rings (SSSR count). The summed E-state index contributed by atoms with van der Waals surface area (Å²) in [7, 11) is 1.10. The Morgan fingerprint density at radius 1 is 0.769 bits per heavy atom. The van der Waals surface area contributed by atoms with E-state index >= 15 is 0 Å². The van der Waals surface area contributed by atoms with Gasteiger partial charge in [-0.15, -0.1) is 0 Å². The summed E-state index contributed by atoms with van der Waals surface area (Å²) >= 11 is 0. The normalized spacial score (nSPS) is 15.3. The molecule has 5 amide bonds. The lowest BCUT2D eigenvalue weighted by molar-refractivity contribution is -0.145. The molecular formula is C24H42N6O9. The molecule has 0 bridgehead atoms. The van der Waals surface area contributed by atoms with E-state index in [9.17, 15) is 38.7 Å². The molecular weight excluding hydrogens is 516 g/mol. The summed E-state index contributed by atoms with van der Waals surface area (Å²) in [6.45, 7) is 5.86. The van der Waals surface area contributed by atoms with Crippen molar-refractivity contribution in [2.24, 2.45) is 5.73 Å². The minimum Gasteiger partial charge on any atom is -0.467 e. The van der Waals surface area contributed by atoms with Crippen molar-refractivity contribution >= 4 is 41.8 Å². The van der Waals surface area contributed by atoms with Gasteiger partial charge in [0.2, 0.25) is 29.5 Å². The summed E-state index contributed by atoms with van der Waals surface area (Å²) in [6, 6.07) is -5.05. The highest BCUT2D eigenvalue weighted by molar-refractivity contribution is 5.93.